The largest absolute Gasteiger partial charge is 0.493 e. The van der Waals surface area contributed by atoms with Crippen molar-refractivity contribution in [2.45, 2.75) is 32.4 Å². The fraction of sp³-hybridized carbons (Fsp3) is 0.417. The van der Waals surface area contributed by atoms with Gasteiger partial charge in [0.25, 0.3) is 0 Å². The molecule has 1 unspecified atom stereocenters. The highest BCUT2D eigenvalue weighted by Gasteiger charge is 2.22. The number of ether oxygens (including phenoxy) is 3. The van der Waals surface area contributed by atoms with Crippen LogP contribution in [-0.2, 0) is 4.74 Å². The number of fused-ring (bicyclic) bond motifs is 1. The lowest BCUT2D eigenvalue weighted by molar-refractivity contribution is 0.0171. The first-order valence-corrected chi connectivity index (χ1v) is 11.7. The molecule has 3 aromatic rings. The standard InChI is InChI=1S/C24H28Cl2N4O3/c1-15(2)30-7-4-8-32-17(12-30)13-33-23-11-21-18(10-22(23)31-3)24(28-14-27-21)29-16-5-6-19(25)20(26)9-16/h5-6,9-11,14-15,17H,4,7-8,12-13H2,1-3H3,(H,27,28,29). The summed E-state index contributed by atoms with van der Waals surface area (Å²) in [4.78, 5) is 11.2. The normalized spacial score (nSPS) is 17.2. The maximum absolute atomic E-state index is 6.16. The number of rotatable bonds is 7. The molecule has 1 aliphatic heterocycles. The molecule has 7 nitrogen and oxygen atoms in total. The summed E-state index contributed by atoms with van der Waals surface area (Å²) in [6.45, 7) is 7.47. The van der Waals surface area contributed by atoms with Crippen LogP contribution in [0.1, 0.15) is 20.3 Å². The predicted molar refractivity (Wildman–Crippen MR) is 132 cm³/mol. The lowest BCUT2D eigenvalue weighted by atomic mass is 10.2. The van der Waals surface area contributed by atoms with Gasteiger partial charge >= 0.3 is 0 Å². The van der Waals surface area contributed by atoms with Crippen molar-refractivity contribution in [3.8, 4) is 11.5 Å². The number of hydrogen-bond acceptors (Lipinski definition) is 7. The molecule has 33 heavy (non-hydrogen) atoms. The quantitative estimate of drug-likeness (QED) is 0.464. The van der Waals surface area contributed by atoms with Crippen LogP contribution in [0.3, 0.4) is 0 Å². The Kier molecular flexibility index (Phi) is 7.75. The summed E-state index contributed by atoms with van der Waals surface area (Å²) in [5.74, 6) is 1.85. The average molecular weight is 491 g/mol. The van der Waals surface area contributed by atoms with Crippen molar-refractivity contribution in [1.29, 1.82) is 0 Å². The van der Waals surface area contributed by atoms with Gasteiger partial charge in [0.05, 0.1) is 22.7 Å². The highest BCUT2D eigenvalue weighted by Crippen LogP contribution is 2.35. The van der Waals surface area contributed by atoms with Crippen LogP contribution in [-0.4, -0.2) is 60.4 Å². The first kappa shape index (κ1) is 23.8. The molecule has 1 aromatic heterocycles. The van der Waals surface area contributed by atoms with E-state index >= 15 is 0 Å². The lowest BCUT2D eigenvalue weighted by Gasteiger charge is -2.27. The highest BCUT2D eigenvalue weighted by molar-refractivity contribution is 6.42. The first-order valence-electron chi connectivity index (χ1n) is 11.0. The van der Waals surface area contributed by atoms with Gasteiger partial charge in [-0.05, 0) is 44.5 Å². The van der Waals surface area contributed by atoms with Crippen LogP contribution in [0.4, 0.5) is 11.5 Å². The second-order valence-corrected chi connectivity index (χ2v) is 9.06. The minimum Gasteiger partial charge on any atom is -0.493 e. The molecule has 2 aromatic carbocycles. The molecule has 4 rings (SSSR count). The summed E-state index contributed by atoms with van der Waals surface area (Å²) >= 11 is 12.2. The van der Waals surface area contributed by atoms with Crippen LogP contribution in [0.15, 0.2) is 36.7 Å². The van der Waals surface area contributed by atoms with Crippen LogP contribution in [0.5, 0.6) is 11.5 Å². The molecule has 0 bridgehead atoms. The summed E-state index contributed by atoms with van der Waals surface area (Å²) in [6, 6.07) is 9.54. The van der Waals surface area contributed by atoms with Crippen molar-refractivity contribution in [3.63, 3.8) is 0 Å². The van der Waals surface area contributed by atoms with Crippen LogP contribution < -0.4 is 14.8 Å². The number of anilines is 2. The number of halogens is 2. The van der Waals surface area contributed by atoms with Gasteiger partial charge in [0.2, 0.25) is 0 Å². The maximum atomic E-state index is 6.16. The summed E-state index contributed by atoms with van der Waals surface area (Å²) in [7, 11) is 1.62. The molecule has 1 aliphatic rings. The van der Waals surface area contributed by atoms with E-state index in [-0.39, 0.29) is 6.10 Å². The fourth-order valence-corrected chi connectivity index (χ4v) is 4.12. The van der Waals surface area contributed by atoms with Gasteiger partial charge in [0.15, 0.2) is 11.5 Å². The number of benzene rings is 2. The van der Waals surface area contributed by atoms with E-state index in [1.807, 2.05) is 18.2 Å². The third kappa shape index (κ3) is 5.79. The van der Waals surface area contributed by atoms with Crippen LogP contribution in [0.25, 0.3) is 10.9 Å². The number of methoxy groups -OCH3 is 1. The zero-order chi connectivity index (χ0) is 23.4. The van der Waals surface area contributed by atoms with E-state index in [1.165, 1.54) is 6.33 Å². The summed E-state index contributed by atoms with van der Waals surface area (Å²) < 4.78 is 17.8. The smallest absolute Gasteiger partial charge is 0.163 e. The van der Waals surface area contributed by atoms with E-state index in [0.29, 0.717) is 40.0 Å². The van der Waals surface area contributed by atoms with Gasteiger partial charge < -0.3 is 19.5 Å². The van der Waals surface area contributed by atoms with E-state index in [2.05, 4.69) is 34.0 Å². The predicted octanol–water partition coefficient (Wildman–Crippen LogP) is 5.57. The lowest BCUT2D eigenvalue weighted by Crippen LogP contribution is -2.39. The number of aromatic nitrogens is 2. The molecule has 2 heterocycles. The number of hydrogen-bond donors (Lipinski definition) is 1. The van der Waals surface area contributed by atoms with Crippen molar-refractivity contribution < 1.29 is 14.2 Å². The Labute approximate surface area is 204 Å². The Bertz CT molecular complexity index is 1110. The summed E-state index contributed by atoms with van der Waals surface area (Å²) in [5.41, 5.74) is 1.50. The zero-order valence-corrected chi connectivity index (χ0v) is 20.5. The van der Waals surface area contributed by atoms with Crippen molar-refractivity contribution >= 4 is 45.6 Å². The molecular formula is C24H28Cl2N4O3. The molecule has 0 amide bonds. The topological polar surface area (TPSA) is 68.7 Å². The number of nitrogens with one attached hydrogen (secondary N) is 1. The molecule has 1 N–H and O–H groups in total. The van der Waals surface area contributed by atoms with Crippen molar-refractivity contribution in [2.75, 3.05) is 38.7 Å². The van der Waals surface area contributed by atoms with Gasteiger partial charge in [-0.2, -0.15) is 0 Å². The van der Waals surface area contributed by atoms with Crippen LogP contribution in [0.2, 0.25) is 10.0 Å². The first-order chi connectivity index (χ1) is 15.9. The van der Waals surface area contributed by atoms with Gasteiger partial charge in [-0.15, -0.1) is 0 Å². The van der Waals surface area contributed by atoms with Gasteiger partial charge in [0.1, 0.15) is 24.9 Å². The fourth-order valence-electron chi connectivity index (χ4n) is 3.82. The Morgan fingerprint density at radius 2 is 2.00 bits per heavy atom. The van der Waals surface area contributed by atoms with E-state index in [4.69, 9.17) is 37.4 Å². The molecule has 176 valence electrons. The Balaban J connectivity index is 1.55. The number of nitrogens with zero attached hydrogens (tertiary/aromatic N) is 3. The van der Waals surface area contributed by atoms with E-state index in [9.17, 15) is 0 Å². The molecule has 9 heteroatoms. The molecule has 0 aliphatic carbocycles. The minimum atomic E-state index is -0.00687. The molecule has 1 atom stereocenters. The van der Waals surface area contributed by atoms with E-state index in [1.54, 1.807) is 19.2 Å². The minimum absolute atomic E-state index is 0.00687. The maximum Gasteiger partial charge on any atom is 0.163 e. The van der Waals surface area contributed by atoms with Gasteiger partial charge in [-0.25, -0.2) is 9.97 Å². The molecule has 0 saturated carbocycles. The van der Waals surface area contributed by atoms with E-state index in [0.717, 1.165) is 42.7 Å². The van der Waals surface area contributed by atoms with Gasteiger partial charge in [-0.3, -0.25) is 4.90 Å². The monoisotopic (exact) mass is 490 g/mol. The molecule has 0 radical (unpaired) electrons. The molecule has 0 spiro atoms. The van der Waals surface area contributed by atoms with Gasteiger partial charge in [0, 0.05) is 42.9 Å². The SMILES string of the molecule is COc1cc2c(Nc3ccc(Cl)c(Cl)c3)ncnc2cc1OCC1CN(C(C)C)CCCO1. The second-order valence-electron chi connectivity index (χ2n) is 8.24. The summed E-state index contributed by atoms with van der Waals surface area (Å²) in [6.07, 6.45) is 2.53. The Hall–Kier alpha value is -2.32. The van der Waals surface area contributed by atoms with Crippen LogP contribution in [0, 0.1) is 0 Å². The Morgan fingerprint density at radius 3 is 2.76 bits per heavy atom. The Morgan fingerprint density at radius 1 is 1.15 bits per heavy atom. The highest BCUT2D eigenvalue weighted by atomic mass is 35.5. The molecule has 1 saturated heterocycles. The molecular weight excluding hydrogens is 463 g/mol. The third-order valence-corrected chi connectivity index (χ3v) is 6.38. The van der Waals surface area contributed by atoms with Crippen LogP contribution >= 0.6 is 23.2 Å². The second kappa shape index (κ2) is 10.7. The van der Waals surface area contributed by atoms with Crippen molar-refractivity contribution in [3.05, 3.63) is 46.7 Å². The van der Waals surface area contributed by atoms with Crippen molar-refractivity contribution in [2.24, 2.45) is 0 Å². The molecule has 1 fully saturated rings. The van der Waals surface area contributed by atoms with E-state index < -0.39 is 0 Å². The van der Waals surface area contributed by atoms with Gasteiger partial charge in [-0.1, -0.05) is 23.2 Å². The summed E-state index contributed by atoms with van der Waals surface area (Å²) in [5, 5.41) is 5.03. The zero-order valence-electron chi connectivity index (χ0n) is 19.0. The third-order valence-electron chi connectivity index (χ3n) is 5.64. The average Bonchev–Trinajstić information content (AvgIpc) is 3.06. The van der Waals surface area contributed by atoms with Crippen molar-refractivity contribution in [1.82, 2.24) is 14.9 Å².